The van der Waals surface area contributed by atoms with E-state index in [1.54, 1.807) is 0 Å². The summed E-state index contributed by atoms with van der Waals surface area (Å²) in [7, 11) is -3.99. The molecule has 2 N–H and O–H groups in total. The monoisotopic (exact) mass is 524 g/mol. The van der Waals surface area contributed by atoms with Crippen LogP contribution in [0.4, 0.5) is 10.1 Å². The Labute approximate surface area is 213 Å². The molecular weight excluding hydrogens is 499 g/mol. The van der Waals surface area contributed by atoms with Crippen molar-refractivity contribution in [3.05, 3.63) is 89.9 Å². The van der Waals surface area contributed by atoms with Gasteiger partial charge in [0.1, 0.15) is 11.9 Å². The predicted molar refractivity (Wildman–Crippen MR) is 135 cm³/mol. The summed E-state index contributed by atoms with van der Waals surface area (Å²) in [6, 6.07) is 15.8. The summed E-state index contributed by atoms with van der Waals surface area (Å²) in [5, 5.41) is 5.08. The van der Waals surface area contributed by atoms with Gasteiger partial charge in [-0.15, -0.1) is 0 Å². The van der Waals surface area contributed by atoms with E-state index in [-0.39, 0.29) is 28.6 Å². The van der Waals surface area contributed by atoms with E-state index in [9.17, 15) is 22.4 Å². The molecule has 2 heterocycles. The summed E-state index contributed by atoms with van der Waals surface area (Å²) >= 11 is 0. The molecule has 1 aromatic heterocycles. The first kappa shape index (κ1) is 26.1. The molecule has 1 aliphatic rings. The minimum absolute atomic E-state index is 0.0556. The number of carbonyl (C=O) groups excluding carboxylic acids is 2. The highest BCUT2D eigenvalue weighted by molar-refractivity contribution is 7.90. The second-order valence-corrected chi connectivity index (χ2v) is 10.0. The molecule has 1 unspecified atom stereocenters. The first-order valence-electron chi connectivity index (χ1n) is 11.6. The molecule has 0 spiro atoms. The van der Waals surface area contributed by atoms with E-state index < -0.39 is 33.7 Å². The Balaban J connectivity index is 1.46. The molecule has 0 saturated carbocycles. The number of amides is 2. The van der Waals surface area contributed by atoms with Crippen LogP contribution in [0.25, 0.3) is 0 Å². The van der Waals surface area contributed by atoms with Crippen molar-refractivity contribution in [2.24, 2.45) is 10.3 Å². The molecule has 0 bridgehead atoms. The van der Waals surface area contributed by atoms with Gasteiger partial charge in [0.15, 0.2) is 5.03 Å². The lowest BCUT2D eigenvalue weighted by molar-refractivity contribution is -0.118. The Hall–Kier alpha value is -3.96. The fraction of sp³-hybridized carbons (Fsp3) is 0.231. The number of hydrogen-bond donors (Lipinski definition) is 2. The van der Waals surface area contributed by atoms with E-state index >= 15 is 0 Å². The Kier molecular flexibility index (Phi) is 8.36. The third-order valence-corrected chi connectivity index (χ3v) is 6.82. The Morgan fingerprint density at radius 2 is 1.86 bits per heavy atom. The predicted octanol–water partition coefficient (Wildman–Crippen LogP) is 3.00. The van der Waals surface area contributed by atoms with Crippen LogP contribution in [0.5, 0.6) is 0 Å². The molecule has 3 aromatic rings. The van der Waals surface area contributed by atoms with Crippen molar-refractivity contribution in [2.75, 3.05) is 18.5 Å². The topological polar surface area (TPSA) is 127 Å². The Morgan fingerprint density at radius 3 is 2.51 bits per heavy atom. The molecule has 1 saturated heterocycles. The number of nitrogens with one attached hydrogen (secondary N) is 2. The van der Waals surface area contributed by atoms with Crippen LogP contribution in [0.1, 0.15) is 22.3 Å². The summed E-state index contributed by atoms with van der Waals surface area (Å²) in [5.74, 6) is -1.61. The molecule has 1 fully saturated rings. The average Bonchev–Trinajstić information content (AvgIpc) is 3.42. The SMILES string of the molecule is O=C(N[C@@H](Cc1ccccc1)C(=O)Nc1ccc(S(=O)(=O)N=CC2CCOC2)nc1)c1ccc(F)cc1. The number of rotatable bonds is 9. The van der Waals surface area contributed by atoms with Crippen LogP contribution in [0.3, 0.4) is 0 Å². The van der Waals surface area contributed by atoms with Crippen LogP contribution < -0.4 is 10.6 Å². The summed E-state index contributed by atoms with van der Waals surface area (Å²) in [6.07, 6.45) is 3.47. The summed E-state index contributed by atoms with van der Waals surface area (Å²) in [5.41, 5.74) is 1.26. The second kappa shape index (κ2) is 11.8. The summed E-state index contributed by atoms with van der Waals surface area (Å²) < 4.78 is 47.0. The fourth-order valence-corrected chi connectivity index (χ4v) is 4.49. The zero-order chi connectivity index (χ0) is 26.3. The number of ether oxygens (including phenoxy) is 1. The zero-order valence-corrected chi connectivity index (χ0v) is 20.5. The van der Waals surface area contributed by atoms with Crippen LogP contribution in [0.2, 0.25) is 0 Å². The van der Waals surface area contributed by atoms with Crippen molar-refractivity contribution in [3.8, 4) is 0 Å². The largest absolute Gasteiger partial charge is 0.381 e. The first-order chi connectivity index (χ1) is 17.8. The van der Waals surface area contributed by atoms with Gasteiger partial charge in [-0.2, -0.15) is 12.8 Å². The van der Waals surface area contributed by atoms with E-state index in [1.165, 1.54) is 36.7 Å². The first-order valence-corrected chi connectivity index (χ1v) is 13.0. The molecule has 2 aromatic carbocycles. The van der Waals surface area contributed by atoms with Gasteiger partial charge in [-0.05, 0) is 48.4 Å². The number of hydrogen-bond acceptors (Lipinski definition) is 6. The molecule has 1 aliphatic heterocycles. The molecule has 11 heteroatoms. The standard InChI is InChI=1S/C26H25FN4O5S/c27-21-8-6-20(7-9-21)25(32)31-23(14-18-4-2-1-3-5-18)26(33)30-22-10-11-24(28-16-22)37(34,35)29-15-19-12-13-36-17-19/h1-11,15-16,19,23H,12-14,17H2,(H,30,33)(H,31,32)/t19?,23-/m0/s1. The number of aromatic nitrogens is 1. The van der Waals surface area contributed by atoms with E-state index in [2.05, 4.69) is 20.0 Å². The number of nitrogens with zero attached hydrogens (tertiary/aromatic N) is 2. The van der Waals surface area contributed by atoms with Gasteiger partial charge >= 0.3 is 0 Å². The lowest BCUT2D eigenvalue weighted by atomic mass is 10.0. The molecule has 37 heavy (non-hydrogen) atoms. The van der Waals surface area contributed by atoms with Gasteiger partial charge < -0.3 is 15.4 Å². The van der Waals surface area contributed by atoms with Crippen LogP contribution in [0, 0.1) is 11.7 Å². The minimum atomic E-state index is -3.99. The van der Waals surface area contributed by atoms with Crippen molar-refractivity contribution in [3.63, 3.8) is 0 Å². The lowest BCUT2D eigenvalue weighted by Crippen LogP contribution is -2.45. The van der Waals surface area contributed by atoms with Crippen LogP contribution in [-0.4, -0.2) is 50.7 Å². The fourth-order valence-electron chi connectivity index (χ4n) is 3.63. The number of benzene rings is 2. The summed E-state index contributed by atoms with van der Waals surface area (Å²) in [6.45, 7) is 0.998. The molecule has 192 valence electrons. The van der Waals surface area contributed by atoms with Gasteiger partial charge in [0.2, 0.25) is 5.91 Å². The maximum Gasteiger partial charge on any atom is 0.299 e. The van der Waals surface area contributed by atoms with Gasteiger partial charge in [-0.1, -0.05) is 30.3 Å². The van der Waals surface area contributed by atoms with Gasteiger partial charge in [0.25, 0.3) is 15.9 Å². The lowest BCUT2D eigenvalue weighted by Gasteiger charge is -2.19. The highest BCUT2D eigenvalue weighted by Gasteiger charge is 2.23. The number of pyridine rings is 1. The highest BCUT2D eigenvalue weighted by Crippen LogP contribution is 2.16. The number of sulfonamides is 1. The molecule has 9 nitrogen and oxygen atoms in total. The van der Waals surface area contributed by atoms with Gasteiger partial charge in [0, 0.05) is 30.7 Å². The van der Waals surface area contributed by atoms with Crippen molar-refractivity contribution >= 4 is 33.7 Å². The van der Waals surface area contributed by atoms with E-state index in [0.29, 0.717) is 19.6 Å². The quantitative estimate of drug-likeness (QED) is 0.415. The third-order valence-electron chi connectivity index (χ3n) is 5.65. The third kappa shape index (κ3) is 7.28. The van der Waals surface area contributed by atoms with Crippen molar-refractivity contribution in [1.29, 1.82) is 0 Å². The van der Waals surface area contributed by atoms with E-state index in [4.69, 9.17) is 4.74 Å². The van der Waals surface area contributed by atoms with Crippen molar-refractivity contribution in [1.82, 2.24) is 10.3 Å². The molecule has 2 amide bonds. The van der Waals surface area contributed by atoms with Crippen molar-refractivity contribution < 1.29 is 27.1 Å². The molecule has 2 atom stereocenters. The normalized spacial score (nSPS) is 16.4. The smallest absolute Gasteiger partial charge is 0.299 e. The van der Waals surface area contributed by atoms with Crippen LogP contribution >= 0.6 is 0 Å². The van der Waals surface area contributed by atoms with E-state index in [0.717, 1.165) is 17.7 Å². The maximum absolute atomic E-state index is 13.2. The average molecular weight is 525 g/mol. The molecule has 0 radical (unpaired) electrons. The minimum Gasteiger partial charge on any atom is -0.381 e. The molecule has 0 aliphatic carbocycles. The van der Waals surface area contributed by atoms with Crippen LogP contribution in [-0.2, 0) is 26.0 Å². The number of carbonyl (C=O) groups is 2. The number of halogens is 1. The van der Waals surface area contributed by atoms with Crippen LogP contribution in [0.15, 0.2) is 82.4 Å². The Bertz CT molecular complexity index is 1360. The Morgan fingerprint density at radius 1 is 1.11 bits per heavy atom. The van der Waals surface area contributed by atoms with E-state index in [1.807, 2.05) is 30.3 Å². The zero-order valence-electron chi connectivity index (χ0n) is 19.7. The molecule has 4 rings (SSSR count). The highest BCUT2D eigenvalue weighted by atomic mass is 32.2. The molecular formula is C26H25FN4O5S. The number of anilines is 1. The van der Waals surface area contributed by atoms with Gasteiger partial charge in [0.05, 0.1) is 18.5 Å². The maximum atomic E-state index is 13.2. The van der Waals surface area contributed by atoms with Gasteiger partial charge in [-0.25, -0.2) is 9.37 Å². The van der Waals surface area contributed by atoms with Crippen molar-refractivity contribution in [2.45, 2.75) is 23.9 Å². The van der Waals surface area contributed by atoms with Gasteiger partial charge in [-0.3, -0.25) is 9.59 Å². The second-order valence-electron chi connectivity index (χ2n) is 8.45. The summed E-state index contributed by atoms with van der Waals surface area (Å²) in [4.78, 5) is 29.8.